The first-order chi connectivity index (χ1) is 11.9. The van der Waals surface area contributed by atoms with E-state index in [0.29, 0.717) is 4.91 Å². The molecule has 0 spiro atoms. The molecule has 128 valence electrons. The molecule has 1 aromatic heterocycles. The Kier molecular flexibility index (Phi) is 5.19. The molecule has 0 radical (unpaired) electrons. The van der Waals surface area contributed by atoms with Crippen LogP contribution in [0.4, 0.5) is 4.79 Å². The quantitative estimate of drug-likeness (QED) is 0.367. The van der Waals surface area contributed by atoms with Crippen molar-refractivity contribution >= 4 is 51.6 Å². The molecule has 4 nitrogen and oxygen atoms in total. The van der Waals surface area contributed by atoms with Crippen LogP contribution in [0.25, 0.3) is 11.8 Å². The maximum Gasteiger partial charge on any atom is 0.293 e. The number of thioether (sulfide) groups is 1. The van der Waals surface area contributed by atoms with Crippen molar-refractivity contribution in [1.82, 2.24) is 9.47 Å². The van der Waals surface area contributed by atoms with Crippen molar-refractivity contribution in [2.75, 3.05) is 6.54 Å². The number of carbonyl (C=O) groups excluding carboxylic acids is 2. The number of halogens is 1. The summed E-state index contributed by atoms with van der Waals surface area (Å²) in [5.41, 5.74) is 4.14. The molecule has 1 fully saturated rings. The van der Waals surface area contributed by atoms with Gasteiger partial charge in [0.05, 0.1) is 4.91 Å². The molecule has 2 amide bonds. The number of hydrogen-bond acceptors (Lipinski definition) is 3. The van der Waals surface area contributed by atoms with Gasteiger partial charge in [-0.3, -0.25) is 14.5 Å². The van der Waals surface area contributed by atoms with Crippen LogP contribution in [0.2, 0.25) is 0 Å². The van der Waals surface area contributed by atoms with E-state index in [0.717, 1.165) is 34.4 Å². The third-order valence-corrected chi connectivity index (χ3v) is 5.65. The van der Waals surface area contributed by atoms with Crippen molar-refractivity contribution in [1.29, 1.82) is 0 Å². The Balaban J connectivity index is 1.99. The van der Waals surface area contributed by atoms with Crippen molar-refractivity contribution in [3.8, 4) is 5.69 Å². The maximum atomic E-state index is 12.4. The molecule has 1 aliphatic rings. The lowest BCUT2D eigenvalue weighted by Gasteiger charge is -2.10. The number of nitrogens with zero attached hydrogens (tertiary/aromatic N) is 2. The van der Waals surface area contributed by atoms with Crippen LogP contribution in [-0.2, 0) is 4.79 Å². The summed E-state index contributed by atoms with van der Waals surface area (Å²) in [7, 11) is 0. The topological polar surface area (TPSA) is 42.3 Å². The first-order valence-corrected chi connectivity index (χ1v) is 9.63. The largest absolute Gasteiger partial charge is 0.318 e. The number of carbonyl (C=O) groups is 2. The first-order valence-electron chi connectivity index (χ1n) is 7.73. The number of rotatable bonds is 4. The molecule has 0 saturated carbocycles. The summed E-state index contributed by atoms with van der Waals surface area (Å²) in [6.07, 6.45) is 3.36. The van der Waals surface area contributed by atoms with Crippen LogP contribution < -0.4 is 0 Å². The van der Waals surface area contributed by atoms with E-state index in [4.69, 9.17) is 0 Å². The fourth-order valence-corrected chi connectivity index (χ4v) is 4.05. The second-order valence-electron chi connectivity index (χ2n) is 5.72. The van der Waals surface area contributed by atoms with Crippen molar-refractivity contribution in [3.63, 3.8) is 0 Å². The van der Waals surface area contributed by atoms with E-state index < -0.39 is 0 Å². The Hall–Kier alpha value is -1.80. The van der Waals surface area contributed by atoms with E-state index in [1.54, 1.807) is 12.2 Å². The Morgan fingerprint density at radius 1 is 1.20 bits per heavy atom. The average molecular weight is 464 g/mol. The van der Waals surface area contributed by atoms with E-state index in [-0.39, 0.29) is 17.7 Å². The zero-order valence-electron chi connectivity index (χ0n) is 14.0. The Morgan fingerprint density at radius 2 is 1.88 bits per heavy atom. The summed E-state index contributed by atoms with van der Waals surface area (Å²) >= 11 is 3.26. The van der Waals surface area contributed by atoms with E-state index in [9.17, 15) is 9.59 Å². The van der Waals surface area contributed by atoms with E-state index in [1.807, 2.05) is 19.9 Å². The molecular weight excluding hydrogens is 447 g/mol. The van der Waals surface area contributed by atoms with Gasteiger partial charge in [-0.2, -0.15) is 0 Å². The molecule has 25 heavy (non-hydrogen) atoms. The highest BCUT2D eigenvalue weighted by atomic mass is 127. The van der Waals surface area contributed by atoms with Crippen LogP contribution >= 0.6 is 34.4 Å². The predicted octanol–water partition coefficient (Wildman–Crippen LogP) is 4.92. The van der Waals surface area contributed by atoms with Gasteiger partial charge < -0.3 is 4.57 Å². The third kappa shape index (κ3) is 3.46. The predicted molar refractivity (Wildman–Crippen MR) is 111 cm³/mol. The molecule has 0 bridgehead atoms. The number of aryl methyl sites for hydroxylation is 1. The summed E-state index contributed by atoms with van der Waals surface area (Å²) in [6, 6.07) is 10.3. The van der Waals surface area contributed by atoms with Crippen LogP contribution in [0, 0.1) is 17.4 Å². The smallest absolute Gasteiger partial charge is 0.293 e. The van der Waals surface area contributed by atoms with Gasteiger partial charge in [-0.1, -0.05) is 6.08 Å². The summed E-state index contributed by atoms with van der Waals surface area (Å²) in [6.45, 7) is 7.88. The monoisotopic (exact) mass is 464 g/mol. The summed E-state index contributed by atoms with van der Waals surface area (Å²) in [5, 5.41) is -0.248. The van der Waals surface area contributed by atoms with Crippen LogP contribution in [0.15, 0.2) is 47.9 Å². The van der Waals surface area contributed by atoms with Crippen LogP contribution in [0.3, 0.4) is 0 Å². The molecule has 1 aromatic carbocycles. The summed E-state index contributed by atoms with van der Waals surface area (Å²) in [5.74, 6) is -0.256. The van der Waals surface area contributed by atoms with Gasteiger partial charge in [0.25, 0.3) is 11.1 Å². The lowest BCUT2D eigenvalue weighted by molar-refractivity contribution is -0.122. The van der Waals surface area contributed by atoms with Crippen molar-refractivity contribution in [2.24, 2.45) is 0 Å². The lowest BCUT2D eigenvalue weighted by Crippen LogP contribution is -2.27. The normalized spacial score (nSPS) is 16.1. The molecule has 6 heteroatoms. The highest BCUT2D eigenvalue weighted by Crippen LogP contribution is 2.33. The number of imide groups is 1. The molecular formula is C19H17IN2O2S. The maximum absolute atomic E-state index is 12.4. The SMILES string of the molecule is C=CCN1C(=O)S/C(=C\c2cc(C)n(-c3ccc(I)cc3)c2C)C1=O. The van der Waals surface area contributed by atoms with Gasteiger partial charge >= 0.3 is 0 Å². The molecule has 1 saturated heterocycles. The zero-order chi connectivity index (χ0) is 18.1. The second kappa shape index (κ2) is 7.21. The van der Waals surface area contributed by atoms with Crippen LogP contribution in [-0.4, -0.2) is 27.2 Å². The van der Waals surface area contributed by atoms with Gasteiger partial charge in [0.15, 0.2) is 0 Å². The highest BCUT2D eigenvalue weighted by Gasteiger charge is 2.34. The van der Waals surface area contributed by atoms with Gasteiger partial charge in [0.2, 0.25) is 0 Å². The number of benzene rings is 1. The standard InChI is InChI=1S/C19H17IN2O2S/c1-4-9-21-18(23)17(25-19(21)24)11-14-10-12(2)22(13(14)3)16-7-5-15(20)6-8-16/h4-8,10-11H,1,9H2,2-3H3/b17-11-. The van der Waals surface area contributed by atoms with Gasteiger partial charge in [0.1, 0.15) is 0 Å². The first kappa shape index (κ1) is 18.0. The minimum atomic E-state index is -0.256. The van der Waals surface area contributed by atoms with Gasteiger partial charge in [-0.05, 0) is 90.2 Å². The van der Waals surface area contributed by atoms with E-state index >= 15 is 0 Å². The Bertz CT molecular complexity index is 897. The Labute approximate surface area is 164 Å². The lowest BCUT2D eigenvalue weighted by atomic mass is 10.2. The molecule has 3 rings (SSSR count). The van der Waals surface area contributed by atoms with Crippen LogP contribution in [0.5, 0.6) is 0 Å². The number of hydrogen-bond donors (Lipinski definition) is 0. The molecule has 0 atom stereocenters. The Morgan fingerprint density at radius 3 is 2.52 bits per heavy atom. The van der Waals surface area contributed by atoms with Crippen molar-refractivity contribution in [2.45, 2.75) is 13.8 Å². The highest BCUT2D eigenvalue weighted by molar-refractivity contribution is 14.1. The van der Waals surface area contributed by atoms with E-state index in [2.05, 4.69) is 58.0 Å². The summed E-state index contributed by atoms with van der Waals surface area (Å²) in [4.78, 5) is 26.0. The van der Waals surface area contributed by atoms with Crippen molar-refractivity contribution < 1.29 is 9.59 Å². The van der Waals surface area contributed by atoms with Gasteiger partial charge in [-0.15, -0.1) is 6.58 Å². The second-order valence-corrected chi connectivity index (χ2v) is 7.96. The zero-order valence-corrected chi connectivity index (χ0v) is 16.9. The minimum Gasteiger partial charge on any atom is -0.318 e. The third-order valence-electron chi connectivity index (χ3n) is 4.03. The minimum absolute atomic E-state index is 0.240. The molecule has 0 N–H and O–H groups in total. The molecule has 1 aliphatic heterocycles. The van der Waals surface area contributed by atoms with Gasteiger partial charge in [0, 0.05) is 27.2 Å². The van der Waals surface area contributed by atoms with Gasteiger partial charge in [-0.25, -0.2) is 0 Å². The summed E-state index contributed by atoms with van der Waals surface area (Å²) < 4.78 is 3.33. The number of amides is 2. The van der Waals surface area contributed by atoms with Crippen LogP contribution in [0.1, 0.15) is 17.0 Å². The molecule has 0 aliphatic carbocycles. The van der Waals surface area contributed by atoms with Crippen molar-refractivity contribution in [3.05, 3.63) is 68.4 Å². The molecule has 2 aromatic rings. The van der Waals surface area contributed by atoms with E-state index in [1.165, 1.54) is 8.47 Å². The average Bonchev–Trinajstić information content (AvgIpc) is 3.00. The fraction of sp³-hybridized carbons (Fsp3) is 0.158. The number of aromatic nitrogens is 1. The molecule has 0 unspecified atom stereocenters. The fourth-order valence-electron chi connectivity index (χ4n) is 2.85. The molecule has 2 heterocycles.